The van der Waals surface area contributed by atoms with Gasteiger partial charge in [-0.3, -0.25) is 0 Å². The molecule has 0 radical (unpaired) electrons. The molecule has 0 saturated carbocycles. The maximum Gasteiger partial charge on any atom is 0.124 e. The van der Waals surface area contributed by atoms with Crippen LogP contribution in [-0.2, 0) is 12.8 Å². The van der Waals surface area contributed by atoms with Gasteiger partial charge in [-0.05, 0) is 30.2 Å². The fourth-order valence-electron chi connectivity index (χ4n) is 1.60. The summed E-state index contributed by atoms with van der Waals surface area (Å²) in [7, 11) is 0. The van der Waals surface area contributed by atoms with Gasteiger partial charge in [0.05, 0.1) is 6.61 Å². The van der Waals surface area contributed by atoms with E-state index in [0.29, 0.717) is 6.54 Å². The average Bonchev–Trinajstić information content (AvgIpc) is 2.52. The van der Waals surface area contributed by atoms with Gasteiger partial charge in [0.2, 0.25) is 0 Å². The highest BCUT2D eigenvalue weighted by Gasteiger charge is 2.14. The van der Waals surface area contributed by atoms with E-state index in [2.05, 4.69) is 6.07 Å². The van der Waals surface area contributed by atoms with Crippen LogP contribution < -0.4 is 10.5 Å². The van der Waals surface area contributed by atoms with Crippen LogP contribution in [0.1, 0.15) is 11.1 Å². The molecule has 3 heteroatoms. The van der Waals surface area contributed by atoms with Gasteiger partial charge in [-0.15, -0.1) is 0 Å². The van der Waals surface area contributed by atoms with E-state index in [4.69, 9.17) is 22.1 Å². The molecule has 0 aromatic heterocycles. The topological polar surface area (TPSA) is 35.2 Å². The van der Waals surface area contributed by atoms with E-state index in [-0.39, 0.29) is 0 Å². The summed E-state index contributed by atoms with van der Waals surface area (Å²) in [4.78, 5) is 0. The van der Waals surface area contributed by atoms with Crippen molar-refractivity contribution in [3.63, 3.8) is 0 Å². The lowest BCUT2D eigenvalue weighted by molar-refractivity contribution is 0.357. The monoisotopic (exact) mass is 197 g/mol. The quantitative estimate of drug-likeness (QED) is 0.785. The summed E-state index contributed by atoms with van der Waals surface area (Å²) < 4.78 is 5.40. The van der Waals surface area contributed by atoms with Crippen LogP contribution in [0.3, 0.4) is 0 Å². The number of rotatable bonds is 2. The normalized spacial score (nSPS) is 14.0. The van der Waals surface area contributed by atoms with E-state index in [1.165, 1.54) is 5.56 Å². The molecule has 2 nitrogen and oxygen atoms in total. The number of hydrogen-bond donors (Lipinski definition) is 1. The second kappa shape index (κ2) is 3.56. The second-order valence-electron chi connectivity index (χ2n) is 3.19. The molecule has 0 spiro atoms. The Hall–Kier alpha value is -0.730. The van der Waals surface area contributed by atoms with E-state index in [9.17, 15) is 0 Å². The highest BCUT2D eigenvalue weighted by atomic mass is 35.5. The van der Waals surface area contributed by atoms with Gasteiger partial charge in [0.25, 0.3) is 0 Å². The molecule has 13 heavy (non-hydrogen) atoms. The molecule has 0 saturated heterocycles. The van der Waals surface area contributed by atoms with Crippen LogP contribution in [0.5, 0.6) is 5.75 Å². The van der Waals surface area contributed by atoms with Gasteiger partial charge < -0.3 is 10.5 Å². The van der Waals surface area contributed by atoms with Crippen LogP contribution in [0, 0.1) is 0 Å². The van der Waals surface area contributed by atoms with Gasteiger partial charge >= 0.3 is 0 Å². The van der Waals surface area contributed by atoms with E-state index in [0.717, 1.165) is 35.8 Å². The van der Waals surface area contributed by atoms with Crippen LogP contribution in [-0.4, -0.2) is 13.2 Å². The molecular formula is C10H12ClNO. The van der Waals surface area contributed by atoms with Crippen molar-refractivity contribution in [1.29, 1.82) is 0 Å². The number of halogens is 1. The first-order valence-corrected chi connectivity index (χ1v) is 4.83. The van der Waals surface area contributed by atoms with Crippen molar-refractivity contribution in [2.45, 2.75) is 12.8 Å². The van der Waals surface area contributed by atoms with Crippen LogP contribution in [0.2, 0.25) is 5.02 Å². The Kier molecular flexibility index (Phi) is 2.42. The minimum atomic E-state index is 0.638. The maximum atomic E-state index is 6.05. The van der Waals surface area contributed by atoms with Crippen molar-refractivity contribution in [2.75, 3.05) is 13.2 Å². The third kappa shape index (κ3) is 1.64. The van der Waals surface area contributed by atoms with Crippen LogP contribution in [0.15, 0.2) is 12.1 Å². The van der Waals surface area contributed by atoms with E-state index in [1.807, 2.05) is 6.07 Å². The van der Waals surface area contributed by atoms with Gasteiger partial charge in [0.1, 0.15) is 5.75 Å². The molecule has 1 aromatic rings. The Labute approximate surface area is 82.6 Å². The predicted octanol–water partition coefficient (Wildman–Crippen LogP) is 1.78. The summed E-state index contributed by atoms with van der Waals surface area (Å²) in [5, 5.41) is 0.770. The van der Waals surface area contributed by atoms with Crippen LogP contribution in [0.25, 0.3) is 0 Å². The molecule has 0 atom stereocenters. The predicted molar refractivity (Wildman–Crippen MR) is 53.4 cm³/mol. The van der Waals surface area contributed by atoms with Crippen molar-refractivity contribution in [2.24, 2.45) is 5.73 Å². The second-order valence-corrected chi connectivity index (χ2v) is 3.60. The summed E-state index contributed by atoms with van der Waals surface area (Å²) in [6.07, 6.45) is 1.83. The standard InChI is InChI=1S/C10H12ClNO/c11-9-6-10-8(2-4-13-10)5-7(9)1-3-12/h5-6H,1-4,12H2. The number of benzene rings is 1. The Morgan fingerprint density at radius 2 is 2.31 bits per heavy atom. The summed E-state index contributed by atoms with van der Waals surface area (Å²) in [6.45, 7) is 1.41. The summed E-state index contributed by atoms with van der Waals surface area (Å²) in [5.74, 6) is 0.936. The molecule has 1 heterocycles. The molecule has 0 amide bonds. The molecule has 1 aliphatic rings. The Bertz CT molecular complexity index is 325. The molecule has 2 N–H and O–H groups in total. The molecule has 0 unspecified atom stereocenters. The van der Waals surface area contributed by atoms with E-state index in [1.54, 1.807) is 0 Å². The number of ether oxygens (including phenoxy) is 1. The smallest absolute Gasteiger partial charge is 0.124 e. The lowest BCUT2D eigenvalue weighted by Gasteiger charge is -2.05. The first kappa shape index (κ1) is 8.85. The Balaban J connectivity index is 2.37. The van der Waals surface area contributed by atoms with Gasteiger partial charge in [-0.25, -0.2) is 0 Å². The summed E-state index contributed by atoms with van der Waals surface area (Å²) >= 11 is 6.05. The van der Waals surface area contributed by atoms with E-state index < -0.39 is 0 Å². The first-order chi connectivity index (χ1) is 6.31. The highest BCUT2D eigenvalue weighted by Crippen LogP contribution is 2.31. The van der Waals surface area contributed by atoms with Gasteiger partial charge in [0.15, 0.2) is 0 Å². The SMILES string of the molecule is NCCc1cc2c(cc1Cl)OCC2. The minimum absolute atomic E-state index is 0.638. The molecule has 1 aliphatic heterocycles. The molecule has 0 aliphatic carbocycles. The molecule has 2 rings (SSSR count). The third-order valence-corrected chi connectivity index (χ3v) is 2.62. The van der Waals surface area contributed by atoms with Gasteiger partial charge in [0, 0.05) is 11.4 Å². The number of fused-ring (bicyclic) bond motifs is 1. The zero-order chi connectivity index (χ0) is 9.26. The first-order valence-electron chi connectivity index (χ1n) is 4.45. The van der Waals surface area contributed by atoms with E-state index >= 15 is 0 Å². The summed E-state index contributed by atoms with van der Waals surface area (Å²) in [6, 6.07) is 4.01. The minimum Gasteiger partial charge on any atom is -0.493 e. The number of nitrogens with two attached hydrogens (primary N) is 1. The molecule has 0 bridgehead atoms. The van der Waals surface area contributed by atoms with Crippen molar-refractivity contribution in [1.82, 2.24) is 0 Å². The average molecular weight is 198 g/mol. The molecular weight excluding hydrogens is 186 g/mol. The lowest BCUT2D eigenvalue weighted by atomic mass is 10.1. The van der Waals surface area contributed by atoms with Crippen molar-refractivity contribution >= 4 is 11.6 Å². The number of hydrogen-bond acceptors (Lipinski definition) is 2. The zero-order valence-corrected chi connectivity index (χ0v) is 8.10. The lowest BCUT2D eigenvalue weighted by Crippen LogP contribution is -2.03. The van der Waals surface area contributed by atoms with Crippen LogP contribution >= 0.6 is 11.6 Å². The van der Waals surface area contributed by atoms with Crippen molar-refractivity contribution < 1.29 is 4.74 Å². The zero-order valence-electron chi connectivity index (χ0n) is 7.35. The van der Waals surface area contributed by atoms with Gasteiger partial charge in [-0.2, -0.15) is 0 Å². The molecule has 0 fully saturated rings. The Morgan fingerprint density at radius 1 is 1.46 bits per heavy atom. The fourth-order valence-corrected chi connectivity index (χ4v) is 1.85. The van der Waals surface area contributed by atoms with Crippen LogP contribution in [0.4, 0.5) is 0 Å². The molecule has 1 aromatic carbocycles. The summed E-state index contributed by atoms with van der Waals surface area (Å²) in [5.41, 5.74) is 7.87. The van der Waals surface area contributed by atoms with Crippen molar-refractivity contribution in [3.05, 3.63) is 28.3 Å². The largest absolute Gasteiger partial charge is 0.493 e. The third-order valence-electron chi connectivity index (χ3n) is 2.27. The van der Waals surface area contributed by atoms with Crippen molar-refractivity contribution in [3.8, 4) is 5.75 Å². The maximum absolute atomic E-state index is 6.05. The highest BCUT2D eigenvalue weighted by molar-refractivity contribution is 6.31. The fraction of sp³-hybridized carbons (Fsp3) is 0.400. The Morgan fingerprint density at radius 3 is 3.08 bits per heavy atom. The van der Waals surface area contributed by atoms with Gasteiger partial charge in [-0.1, -0.05) is 17.7 Å². The molecule has 70 valence electrons.